The van der Waals surface area contributed by atoms with Gasteiger partial charge in [0.05, 0.1) is 5.69 Å². The molecule has 21 heavy (non-hydrogen) atoms. The van der Waals surface area contributed by atoms with Crippen LogP contribution in [0.25, 0.3) is 0 Å². The molecule has 0 saturated carbocycles. The van der Waals surface area contributed by atoms with Gasteiger partial charge in [0.15, 0.2) is 11.6 Å². The molecule has 1 fully saturated rings. The Kier molecular flexibility index (Phi) is 3.69. The van der Waals surface area contributed by atoms with Gasteiger partial charge in [-0.1, -0.05) is 6.92 Å². The van der Waals surface area contributed by atoms with E-state index in [-0.39, 0.29) is 6.42 Å². The molecule has 0 aromatic heterocycles. The molecule has 1 aromatic carbocycles. The first-order valence-corrected chi connectivity index (χ1v) is 6.49. The third kappa shape index (κ3) is 2.48. The summed E-state index contributed by atoms with van der Waals surface area (Å²) in [6.07, 6.45) is 0.186. The maximum Gasteiger partial charge on any atom is 0.252 e. The van der Waals surface area contributed by atoms with Crippen LogP contribution in [0.1, 0.15) is 27.2 Å². The molecule has 0 bridgehead atoms. The number of hydrogen-bond donors (Lipinski definition) is 1. The molecular formula is C14H15F3N2O2. The van der Waals surface area contributed by atoms with Crippen molar-refractivity contribution in [2.75, 3.05) is 4.90 Å². The minimum absolute atomic E-state index is 0.186. The average molecular weight is 300 g/mol. The van der Waals surface area contributed by atoms with E-state index in [0.29, 0.717) is 12.1 Å². The fraction of sp³-hybridized carbons (Fsp3) is 0.429. The Morgan fingerprint density at radius 1 is 1.24 bits per heavy atom. The van der Waals surface area contributed by atoms with E-state index in [1.54, 1.807) is 6.92 Å². The molecule has 1 saturated heterocycles. The summed E-state index contributed by atoms with van der Waals surface area (Å²) in [6, 6.07) is 0.0915. The van der Waals surface area contributed by atoms with E-state index in [9.17, 15) is 22.8 Å². The summed E-state index contributed by atoms with van der Waals surface area (Å²) < 4.78 is 40.7. The van der Waals surface area contributed by atoms with Crippen molar-refractivity contribution in [3.05, 3.63) is 29.6 Å². The number of carbonyl (C=O) groups is 2. The minimum Gasteiger partial charge on any atom is -0.340 e. The fourth-order valence-electron chi connectivity index (χ4n) is 2.37. The number of piperazine rings is 1. The standard InChI is InChI=1S/C14H15F3N2O2/c1-4-9-12(20)18-14(2,3)13(21)19(9)10-6-7(15)5-8(16)11(10)17/h5-6,9H,4H2,1-3H3,(H,18,20). The van der Waals surface area contributed by atoms with Gasteiger partial charge in [0.25, 0.3) is 5.91 Å². The molecule has 7 heteroatoms. The maximum atomic E-state index is 14.0. The lowest BCUT2D eigenvalue weighted by Gasteiger charge is -2.42. The molecule has 0 spiro atoms. The molecule has 4 nitrogen and oxygen atoms in total. The molecule has 1 aliphatic rings. The summed E-state index contributed by atoms with van der Waals surface area (Å²) >= 11 is 0. The summed E-state index contributed by atoms with van der Waals surface area (Å²) in [5, 5.41) is 2.51. The van der Waals surface area contributed by atoms with E-state index < -0.39 is 46.5 Å². The lowest BCUT2D eigenvalue weighted by molar-refractivity contribution is -0.137. The predicted octanol–water partition coefficient (Wildman–Crippen LogP) is 2.12. The molecule has 1 unspecified atom stereocenters. The van der Waals surface area contributed by atoms with Crippen LogP contribution in [-0.4, -0.2) is 23.4 Å². The van der Waals surface area contributed by atoms with Gasteiger partial charge in [-0.15, -0.1) is 0 Å². The van der Waals surface area contributed by atoms with Crippen molar-refractivity contribution in [3.8, 4) is 0 Å². The van der Waals surface area contributed by atoms with Gasteiger partial charge in [-0.2, -0.15) is 0 Å². The number of nitrogens with one attached hydrogen (secondary N) is 1. The topological polar surface area (TPSA) is 49.4 Å². The first-order chi connectivity index (χ1) is 9.69. The van der Waals surface area contributed by atoms with Crippen LogP contribution in [0.15, 0.2) is 12.1 Å². The van der Waals surface area contributed by atoms with Gasteiger partial charge in [0.1, 0.15) is 17.4 Å². The van der Waals surface area contributed by atoms with Crippen molar-refractivity contribution in [3.63, 3.8) is 0 Å². The molecule has 114 valence electrons. The van der Waals surface area contributed by atoms with Crippen molar-refractivity contribution in [1.82, 2.24) is 5.32 Å². The molecule has 1 atom stereocenters. The Morgan fingerprint density at radius 3 is 2.43 bits per heavy atom. The lowest BCUT2D eigenvalue weighted by atomic mass is 9.95. The van der Waals surface area contributed by atoms with Gasteiger partial charge in [-0.3, -0.25) is 14.5 Å². The number of hydrogen-bond acceptors (Lipinski definition) is 2. The average Bonchev–Trinajstić information content (AvgIpc) is 2.37. The van der Waals surface area contributed by atoms with Gasteiger partial charge in [0, 0.05) is 12.1 Å². The zero-order chi connectivity index (χ0) is 15.9. The van der Waals surface area contributed by atoms with Crippen LogP contribution in [-0.2, 0) is 9.59 Å². The van der Waals surface area contributed by atoms with Gasteiger partial charge >= 0.3 is 0 Å². The Labute approximate surface area is 119 Å². The maximum absolute atomic E-state index is 14.0. The van der Waals surface area contributed by atoms with Gasteiger partial charge in [0.2, 0.25) is 5.91 Å². The van der Waals surface area contributed by atoms with Crippen LogP contribution in [0, 0.1) is 17.5 Å². The number of amides is 2. The summed E-state index contributed by atoms with van der Waals surface area (Å²) in [5.41, 5.74) is -1.84. The highest BCUT2D eigenvalue weighted by atomic mass is 19.2. The molecule has 1 N–H and O–H groups in total. The first-order valence-electron chi connectivity index (χ1n) is 6.49. The molecule has 1 heterocycles. The third-order valence-electron chi connectivity index (χ3n) is 3.42. The van der Waals surface area contributed by atoms with Crippen LogP contribution in [0.2, 0.25) is 0 Å². The van der Waals surface area contributed by atoms with Crippen molar-refractivity contribution in [1.29, 1.82) is 0 Å². The molecule has 1 aromatic rings. The van der Waals surface area contributed by atoms with Gasteiger partial charge in [-0.05, 0) is 20.3 Å². The number of anilines is 1. The second-order valence-corrected chi connectivity index (χ2v) is 5.43. The minimum atomic E-state index is -1.41. The third-order valence-corrected chi connectivity index (χ3v) is 3.42. The Hall–Kier alpha value is -2.05. The van der Waals surface area contributed by atoms with E-state index in [1.165, 1.54) is 13.8 Å². The summed E-state index contributed by atoms with van der Waals surface area (Å²) in [6.45, 7) is 4.51. The molecule has 2 amide bonds. The van der Waals surface area contributed by atoms with E-state index in [2.05, 4.69) is 5.32 Å². The summed E-state index contributed by atoms with van der Waals surface area (Å²) in [7, 11) is 0. The molecule has 0 aliphatic carbocycles. The second-order valence-electron chi connectivity index (χ2n) is 5.43. The summed E-state index contributed by atoms with van der Waals surface area (Å²) in [5.74, 6) is -4.90. The number of nitrogens with zero attached hydrogens (tertiary/aromatic N) is 1. The first kappa shape index (κ1) is 15.3. The highest BCUT2D eigenvalue weighted by Gasteiger charge is 2.46. The van der Waals surface area contributed by atoms with Crippen LogP contribution in [0.4, 0.5) is 18.9 Å². The SMILES string of the molecule is CCC1C(=O)NC(C)(C)C(=O)N1c1cc(F)cc(F)c1F. The Bertz CT molecular complexity index is 616. The van der Waals surface area contributed by atoms with E-state index >= 15 is 0 Å². The lowest BCUT2D eigenvalue weighted by Crippen LogP contribution is -2.68. The van der Waals surface area contributed by atoms with Crippen LogP contribution >= 0.6 is 0 Å². The van der Waals surface area contributed by atoms with E-state index in [1.807, 2.05) is 0 Å². The van der Waals surface area contributed by atoms with Crippen molar-refractivity contribution in [2.45, 2.75) is 38.8 Å². The highest BCUT2D eigenvalue weighted by Crippen LogP contribution is 2.30. The zero-order valence-corrected chi connectivity index (χ0v) is 11.8. The second kappa shape index (κ2) is 5.05. The van der Waals surface area contributed by atoms with E-state index in [0.717, 1.165) is 4.90 Å². The van der Waals surface area contributed by atoms with Crippen molar-refractivity contribution >= 4 is 17.5 Å². The van der Waals surface area contributed by atoms with Gasteiger partial charge in [-0.25, -0.2) is 13.2 Å². The quantitative estimate of drug-likeness (QED) is 0.851. The smallest absolute Gasteiger partial charge is 0.252 e. The predicted molar refractivity (Wildman–Crippen MR) is 70.1 cm³/mol. The van der Waals surface area contributed by atoms with Crippen LogP contribution in [0.5, 0.6) is 0 Å². The number of benzene rings is 1. The normalized spacial score (nSPS) is 21.4. The largest absolute Gasteiger partial charge is 0.340 e. The molecule has 2 rings (SSSR count). The monoisotopic (exact) mass is 300 g/mol. The Morgan fingerprint density at radius 2 is 1.86 bits per heavy atom. The van der Waals surface area contributed by atoms with Crippen LogP contribution in [0.3, 0.4) is 0 Å². The number of carbonyl (C=O) groups excluding carboxylic acids is 2. The van der Waals surface area contributed by atoms with Gasteiger partial charge < -0.3 is 5.32 Å². The molecule has 0 radical (unpaired) electrons. The molecular weight excluding hydrogens is 285 g/mol. The number of rotatable bonds is 2. The van der Waals surface area contributed by atoms with Crippen molar-refractivity contribution in [2.24, 2.45) is 0 Å². The fourth-order valence-corrected chi connectivity index (χ4v) is 2.37. The van der Waals surface area contributed by atoms with E-state index in [4.69, 9.17) is 0 Å². The number of halogens is 3. The zero-order valence-electron chi connectivity index (χ0n) is 11.8. The molecule has 1 aliphatic heterocycles. The summed E-state index contributed by atoms with van der Waals surface area (Å²) in [4.78, 5) is 25.3. The van der Waals surface area contributed by atoms with Crippen LogP contribution < -0.4 is 10.2 Å². The highest BCUT2D eigenvalue weighted by molar-refractivity contribution is 6.10. The Balaban J connectivity index is 2.62. The van der Waals surface area contributed by atoms with Crippen molar-refractivity contribution < 1.29 is 22.8 Å².